The number of nitrogens with zero attached hydrogens (tertiary/aromatic N) is 2. The Labute approximate surface area is 94.7 Å². The van der Waals surface area contributed by atoms with Crippen LogP contribution in [0, 0.1) is 13.8 Å². The van der Waals surface area contributed by atoms with E-state index >= 15 is 0 Å². The summed E-state index contributed by atoms with van der Waals surface area (Å²) >= 11 is 0. The van der Waals surface area contributed by atoms with Crippen LogP contribution in [0.5, 0.6) is 0 Å². The summed E-state index contributed by atoms with van der Waals surface area (Å²) in [5.74, 6) is 1.89. The Kier molecular flexibility index (Phi) is 2.90. The molecular weight excluding hydrogens is 202 g/mol. The first-order chi connectivity index (χ1) is 7.66. The van der Waals surface area contributed by atoms with E-state index in [-0.39, 0.29) is 6.04 Å². The normalized spacial score (nSPS) is 12.4. The van der Waals surface area contributed by atoms with Crippen molar-refractivity contribution in [2.75, 3.05) is 5.32 Å². The fraction of sp³-hybridized carbons (Fsp3) is 0.333. The molecule has 84 valence electrons. The Bertz CT molecular complexity index is 464. The number of hydrogen-bond acceptors (Lipinski definition) is 4. The molecule has 0 aliphatic carbocycles. The number of rotatable bonds is 3. The minimum absolute atomic E-state index is 0.184. The van der Waals surface area contributed by atoms with Gasteiger partial charge in [-0.25, -0.2) is 9.97 Å². The van der Waals surface area contributed by atoms with Crippen LogP contribution in [0.2, 0.25) is 0 Å². The van der Waals surface area contributed by atoms with E-state index in [1.54, 1.807) is 12.4 Å². The highest BCUT2D eigenvalue weighted by atomic mass is 16.3. The molecule has 1 atom stereocenters. The van der Waals surface area contributed by atoms with E-state index in [1.807, 2.05) is 13.8 Å². The van der Waals surface area contributed by atoms with Crippen LogP contribution < -0.4 is 5.32 Å². The number of nitrogens with one attached hydrogen (secondary N) is 1. The second kappa shape index (κ2) is 4.35. The quantitative estimate of drug-likeness (QED) is 0.858. The summed E-state index contributed by atoms with van der Waals surface area (Å²) in [7, 11) is 0. The van der Waals surface area contributed by atoms with Crippen LogP contribution in [0.15, 0.2) is 29.2 Å². The van der Waals surface area contributed by atoms with Crippen LogP contribution in [0.3, 0.4) is 0 Å². The van der Waals surface area contributed by atoms with E-state index < -0.39 is 0 Å². The predicted molar refractivity (Wildman–Crippen MR) is 62.3 cm³/mol. The maximum Gasteiger partial charge on any atom is 0.115 e. The van der Waals surface area contributed by atoms with Crippen molar-refractivity contribution >= 4 is 5.69 Å². The zero-order valence-corrected chi connectivity index (χ0v) is 9.69. The van der Waals surface area contributed by atoms with Gasteiger partial charge in [0.2, 0.25) is 0 Å². The molecule has 2 aromatic heterocycles. The Hall–Kier alpha value is -1.84. The number of aryl methyl sites for hydroxylation is 2. The lowest BCUT2D eigenvalue weighted by Gasteiger charge is -2.13. The van der Waals surface area contributed by atoms with E-state index in [0.29, 0.717) is 0 Å². The standard InChI is InChI=1S/C12H15N3O/c1-8-4-12(10(3)16-8)9(2)15-11-5-13-7-14-6-11/h4-7,9,15H,1-3H3. The van der Waals surface area contributed by atoms with Gasteiger partial charge >= 0.3 is 0 Å². The van der Waals surface area contributed by atoms with E-state index in [4.69, 9.17) is 4.42 Å². The van der Waals surface area contributed by atoms with Crippen LogP contribution in [-0.2, 0) is 0 Å². The van der Waals surface area contributed by atoms with Crippen molar-refractivity contribution in [3.8, 4) is 0 Å². The zero-order chi connectivity index (χ0) is 11.5. The molecule has 1 unspecified atom stereocenters. The van der Waals surface area contributed by atoms with Gasteiger partial charge in [0.15, 0.2) is 0 Å². The first-order valence-electron chi connectivity index (χ1n) is 5.25. The second-order valence-corrected chi connectivity index (χ2v) is 3.86. The molecular formula is C12H15N3O. The molecule has 16 heavy (non-hydrogen) atoms. The van der Waals surface area contributed by atoms with E-state index in [0.717, 1.165) is 17.2 Å². The summed E-state index contributed by atoms with van der Waals surface area (Å²) in [4.78, 5) is 7.92. The van der Waals surface area contributed by atoms with Gasteiger partial charge in [-0.2, -0.15) is 0 Å². The monoisotopic (exact) mass is 217 g/mol. The summed E-state index contributed by atoms with van der Waals surface area (Å²) in [6.07, 6.45) is 5.03. The summed E-state index contributed by atoms with van der Waals surface area (Å²) in [5.41, 5.74) is 2.08. The highest BCUT2D eigenvalue weighted by molar-refractivity contribution is 5.41. The maximum absolute atomic E-state index is 5.50. The van der Waals surface area contributed by atoms with Crippen LogP contribution in [0.1, 0.15) is 30.0 Å². The van der Waals surface area contributed by atoms with Crippen molar-refractivity contribution in [3.05, 3.63) is 41.9 Å². The predicted octanol–water partition coefficient (Wildman–Crippen LogP) is 2.86. The fourth-order valence-electron chi connectivity index (χ4n) is 1.78. The lowest BCUT2D eigenvalue weighted by Crippen LogP contribution is -2.07. The third-order valence-electron chi connectivity index (χ3n) is 2.49. The van der Waals surface area contributed by atoms with Crippen molar-refractivity contribution < 1.29 is 4.42 Å². The highest BCUT2D eigenvalue weighted by Crippen LogP contribution is 2.24. The van der Waals surface area contributed by atoms with Crippen LogP contribution in [-0.4, -0.2) is 9.97 Å². The topological polar surface area (TPSA) is 51.0 Å². The number of anilines is 1. The smallest absolute Gasteiger partial charge is 0.115 e. The molecule has 4 heteroatoms. The molecule has 0 fully saturated rings. The van der Waals surface area contributed by atoms with Gasteiger partial charge in [-0.1, -0.05) is 0 Å². The zero-order valence-electron chi connectivity index (χ0n) is 9.69. The molecule has 0 spiro atoms. The van der Waals surface area contributed by atoms with E-state index in [2.05, 4.69) is 28.3 Å². The van der Waals surface area contributed by atoms with Gasteiger partial charge in [0.1, 0.15) is 17.8 Å². The number of hydrogen-bond donors (Lipinski definition) is 1. The molecule has 2 aromatic rings. The number of furan rings is 1. The van der Waals surface area contributed by atoms with Gasteiger partial charge in [0, 0.05) is 5.56 Å². The first-order valence-corrected chi connectivity index (χ1v) is 5.25. The van der Waals surface area contributed by atoms with E-state index in [9.17, 15) is 0 Å². The summed E-state index contributed by atoms with van der Waals surface area (Å²) in [6, 6.07) is 2.24. The fourth-order valence-corrected chi connectivity index (χ4v) is 1.78. The second-order valence-electron chi connectivity index (χ2n) is 3.86. The third-order valence-corrected chi connectivity index (χ3v) is 2.49. The minimum Gasteiger partial charge on any atom is -0.466 e. The van der Waals surface area contributed by atoms with Crippen molar-refractivity contribution in [1.29, 1.82) is 0 Å². The summed E-state index contributed by atoms with van der Waals surface area (Å²) in [5, 5.41) is 3.33. The van der Waals surface area contributed by atoms with Crippen molar-refractivity contribution in [1.82, 2.24) is 9.97 Å². The maximum atomic E-state index is 5.50. The Morgan fingerprint density at radius 3 is 2.50 bits per heavy atom. The van der Waals surface area contributed by atoms with Crippen LogP contribution in [0.4, 0.5) is 5.69 Å². The van der Waals surface area contributed by atoms with Gasteiger partial charge in [0.25, 0.3) is 0 Å². The molecule has 0 radical (unpaired) electrons. The molecule has 1 N–H and O–H groups in total. The Morgan fingerprint density at radius 1 is 1.25 bits per heavy atom. The molecule has 0 aliphatic rings. The van der Waals surface area contributed by atoms with Crippen molar-refractivity contribution in [3.63, 3.8) is 0 Å². The molecule has 4 nitrogen and oxygen atoms in total. The molecule has 0 bridgehead atoms. The van der Waals surface area contributed by atoms with Gasteiger partial charge in [0.05, 0.1) is 24.1 Å². The molecule has 0 aliphatic heterocycles. The third kappa shape index (κ3) is 2.21. The van der Waals surface area contributed by atoms with Gasteiger partial charge in [-0.15, -0.1) is 0 Å². The minimum atomic E-state index is 0.184. The molecule has 0 aromatic carbocycles. The van der Waals surface area contributed by atoms with Crippen molar-refractivity contribution in [2.24, 2.45) is 0 Å². The highest BCUT2D eigenvalue weighted by Gasteiger charge is 2.12. The molecule has 2 rings (SSSR count). The van der Waals surface area contributed by atoms with Gasteiger partial charge in [-0.3, -0.25) is 0 Å². The average Bonchev–Trinajstić information content (AvgIpc) is 2.59. The largest absolute Gasteiger partial charge is 0.466 e. The number of aromatic nitrogens is 2. The van der Waals surface area contributed by atoms with Gasteiger partial charge < -0.3 is 9.73 Å². The first kappa shape index (κ1) is 10.7. The van der Waals surface area contributed by atoms with Crippen molar-refractivity contribution in [2.45, 2.75) is 26.8 Å². The Balaban J connectivity index is 2.14. The average molecular weight is 217 g/mol. The lowest BCUT2D eigenvalue weighted by atomic mass is 10.1. The molecule has 2 heterocycles. The summed E-state index contributed by atoms with van der Waals surface area (Å²) < 4.78 is 5.50. The van der Waals surface area contributed by atoms with Gasteiger partial charge in [-0.05, 0) is 26.8 Å². The lowest BCUT2D eigenvalue weighted by molar-refractivity contribution is 0.500. The molecule has 0 saturated carbocycles. The summed E-state index contributed by atoms with van der Waals surface area (Å²) in [6.45, 7) is 6.02. The SMILES string of the molecule is Cc1cc(C(C)Nc2cncnc2)c(C)o1. The van der Waals surface area contributed by atoms with E-state index in [1.165, 1.54) is 11.9 Å². The Morgan fingerprint density at radius 2 is 1.94 bits per heavy atom. The van der Waals surface area contributed by atoms with Crippen LogP contribution in [0.25, 0.3) is 0 Å². The molecule has 0 saturated heterocycles. The van der Waals surface area contributed by atoms with Crippen LogP contribution >= 0.6 is 0 Å². The molecule has 0 amide bonds.